The Bertz CT molecular complexity index is 701. The van der Waals surface area contributed by atoms with Crippen molar-refractivity contribution < 1.29 is 14.3 Å². The van der Waals surface area contributed by atoms with Crippen molar-refractivity contribution in [1.29, 1.82) is 0 Å². The van der Waals surface area contributed by atoms with Crippen LogP contribution in [0.5, 0.6) is 5.75 Å². The van der Waals surface area contributed by atoms with E-state index in [1.54, 1.807) is 39.0 Å². The smallest absolute Gasteiger partial charge is 0.414 e. The molecular formula is C14H15Cl2N3O3S. The molecule has 0 spiro atoms. The maximum absolute atomic E-state index is 11.6. The number of hydrogen-bond donors (Lipinski definition) is 1. The minimum absolute atomic E-state index is 0.200. The fraction of sp³-hybridized carbons (Fsp3) is 0.357. The van der Waals surface area contributed by atoms with Gasteiger partial charge in [-0.15, -0.1) is 10.2 Å². The monoisotopic (exact) mass is 375 g/mol. The molecule has 23 heavy (non-hydrogen) atoms. The second kappa shape index (κ2) is 7.33. The number of benzene rings is 1. The summed E-state index contributed by atoms with van der Waals surface area (Å²) in [6.07, 6.45) is -0.578. The Kier molecular flexibility index (Phi) is 5.67. The number of halogens is 2. The van der Waals surface area contributed by atoms with Gasteiger partial charge in [0.15, 0.2) is 5.01 Å². The summed E-state index contributed by atoms with van der Waals surface area (Å²) < 4.78 is 10.7. The van der Waals surface area contributed by atoms with Crippen molar-refractivity contribution in [3.63, 3.8) is 0 Å². The highest BCUT2D eigenvalue weighted by Crippen LogP contribution is 2.27. The van der Waals surface area contributed by atoms with Crippen LogP contribution < -0.4 is 10.1 Å². The number of nitrogens with one attached hydrogen (secondary N) is 1. The molecule has 9 heteroatoms. The first-order chi connectivity index (χ1) is 10.7. The summed E-state index contributed by atoms with van der Waals surface area (Å²) in [6, 6.07) is 4.97. The van der Waals surface area contributed by atoms with Gasteiger partial charge >= 0.3 is 6.09 Å². The number of carbonyl (C=O) groups excluding carboxylic acids is 1. The molecule has 1 heterocycles. The minimum atomic E-state index is -0.578. The molecule has 0 aliphatic carbocycles. The molecule has 0 fully saturated rings. The lowest BCUT2D eigenvalue weighted by atomic mass is 10.2. The van der Waals surface area contributed by atoms with Gasteiger partial charge in [0, 0.05) is 6.07 Å². The lowest BCUT2D eigenvalue weighted by Gasteiger charge is -2.18. The van der Waals surface area contributed by atoms with Crippen molar-refractivity contribution >= 4 is 45.8 Å². The number of aromatic nitrogens is 2. The number of nitrogens with zero attached hydrogens (tertiary/aromatic N) is 2. The number of amides is 1. The molecule has 124 valence electrons. The van der Waals surface area contributed by atoms with Crippen LogP contribution in [-0.4, -0.2) is 21.9 Å². The van der Waals surface area contributed by atoms with Gasteiger partial charge in [0.1, 0.15) is 18.0 Å². The van der Waals surface area contributed by atoms with E-state index in [-0.39, 0.29) is 6.61 Å². The summed E-state index contributed by atoms with van der Waals surface area (Å²) >= 11 is 12.9. The fourth-order valence-electron chi connectivity index (χ4n) is 1.47. The summed E-state index contributed by atoms with van der Waals surface area (Å²) in [5.74, 6) is 0.566. The van der Waals surface area contributed by atoms with E-state index in [9.17, 15) is 4.79 Å². The summed E-state index contributed by atoms with van der Waals surface area (Å²) in [7, 11) is 0. The van der Waals surface area contributed by atoms with Crippen molar-refractivity contribution in [3.05, 3.63) is 33.3 Å². The Hall–Kier alpha value is -1.57. The number of rotatable bonds is 4. The van der Waals surface area contributed by atoms with E-state index in [4.69, 9.17) is 32.7 Å². The van der Waals surface area contributed by atoms with Crippen LogP contribution in [0.25, 0.3) is 0 Å². The highest BCUT2D eigenvalue weighted by Gasteiger charge is 2.17. The van der Waals surface area contributed by atoms with E-state index in [1.807, 2.05) is 0 Å². The number of anilines is 1. The average molecular weight is 376 g/mol. The van der Waals surface area contributed by atoms with Crippen LogP contribution in [0.1, 0.15) is 25.8 Å². The first-order valence-corrected chi connectivity index (χ1v) is 8.20. The zero-order chi connectivity index (χ0) is 17.0. The van der Waals surface area contributed by atoms with Crippen LogP contribution in [-0.2, 0) is 11.3 Å². The predicted octanol–water partition coefficient (Wildman–Crippen LogP) is 4.77. The van der Waals surface area contributed by atoms with Gasteiger partial charge in [-0.2, -0.15) is 0 Å². The van der Waals surface area contributed by atoms with Crippen molar-refractivity contribution in [2.75, 3.05) is 5.32 Å². The van der Waals surface area contributed by atoms with E-state index in [0.717, 1.165) is 0 Å². The van der Waals surface area contributed by atoms with E-state index in [0.29, 0.717) is 25.9 Å². The van der Waals surface area contributed by atoms with Gasteiger partial charge in [-0.1, -0.05) is 34.5 Å². The molecule has 2 rings (SSSR count). The van der Waals surface area contributed by atoms with Crippen LogP contribution in [0.2, 0.25) is 10.0 Å². The van der Waals surface area contributed by atoms with Crippen molar-refractivity contribution in [1.82, 2.24) is 10.2 Å². The van der Waals surface area contributed by atoms with E-state index < -0.39 is 11.7 Å². The Morgan fingerprint density at radius 2 is 2.00 bits per heavy atom. The molecule has 1 aromatic heterocycles. The first kappa shape index (κ1) is 17.8. The summed E-state index contributed by atoms with van der Waals surface area (Å²) in [4.78, 5) is 11.6. The largest absolute Gasteiger partial charge is 0.486 e. The van der Waals surface area contributed by atoms with Gasteiger partial charge in [-0.25, -0.2) is 4.79 Å². The normalized spacial score (nSPS) is 11.2. The Labute approximate surface area is 147 Å². The number of hydrogen-bond acceptors (Lipinski definition) is 6. The van der Waals surface area contributed by atoms with Crippen molar-refractivity contribution in [2.45, 2.75) is 33.0 Å². The van der Waals surface area contributed by atoms with Gasteiger partial charge in [-0.05, 0) is 32.9 Å². The Balaban J connectivity index is 1.89. The lowest BCUT2D eigenvalue weighted by Crippen LogP contribution is -2.27. The van der Waals surface area contributed by atoms with E-state index in [1.165, 1.54) is 11.3 Å². The standard InChI is InChI=1S/C14H15Cl2N3O3S/c1-14(2,3)22-13(20)17-12-19-18-11(23-12)7-21-8-4-5-9(15)10(16)6-8/h4-6H,7H2,1-3H3,(H,17,19,20). The zero-order valence-corrected chi connectivity index (χ0v) is 15.1. The molecule has 6 nitrogen and oxygen atoms in total. The molecule has 0 saturated heterocycles. The molecule has 0 atom stereocenters. The van der Waals surface area contributed by atoms with Crippen LogP contribution in [0, 0.1) is 0 Å². The second-order valence-electron chi connectivity index (χ2n) is 5.49. The number of carbonyl (C=O) groups is 1. The molecule has 2 aromatic rings. The van der Waals surface area contributed by atoms with Crippen LogP contribution in [0.15, 0.2) is 18.2 Å². The number of ether oxygens (including phenoxy) is 2. The molecule has 1 aromatic carbocycles. The second-order valence-corrected chi connectivity index (χ2v) is 7.37. The van der Waals surface area contributed by atoms with Crippen LogP contribution >= 0.6 is 34.5 Å². The van der Waals surface area contributed by atoms with Gasteiger partial charge in [0.25, 0.3) is 0 Å². The van der Waals surface area contributed by atoms with E-state index >= 15 is 0 Å². The first-order valence-electron chi connectivity index (χ1n) is 6.63. The third kappa shape index (κ3) is 5.85. The lowest BCUT2D eigenvalue weighted by molar-refractivity contribution is 0.0636. The fourth-order valence-corrected chi connectivity index (χ4v) is 2.39. The average Bonchev–Trinajstić information content (AvgIpc) is 2.85. The van der Waals surface area contributed by atoms with Crippen LogP contribution in [0.3, 0.4) is 0 Å². The molecule has 0 saturated carbocycles. The maximum Gasteiger partial charge on any atom is 0.414 e. The molecule has 1 amide bonds. The Morgan fingerprint density at radius 3 is 2.65 bits per heavy atom. The predicted molar refractivity (Wildman–Crippen MR) is 90.6 cm³/mol. The Morgan fingerprint density at radius 1 is 1.26 bits per heavy atom. The topological polar surface area (TPSA) is 73.3 Å². The summed E-state index contributed by atoms with van der Waals surface area (Å²) in [5, 5.41) is 12.1. The van der Waals surface area contributed by atoms with Gasteiger partial charge < -0.3 is 9.47 Å². The maximum atomic E-state index is 11.6. The molecule has 0 aliphatic heterocycles. The summed E-state index contributed by atoms with van der Waals surface area (Å²) in [5.41, 5.74) is -0.575. The molecular weight excluding hydrogens is 361 g/mol. The SMILES string of the molecule is CC(C)(C)OC(=O)Nc1nnc(COc2ccc(Cl)c(Cl)c2)s1. The van der Waals surface area contributed by atoms with E-state index in [2.05, 4.69) is 15.5 Å². The summed E-state index contributed by atoms with van der Waals surface area (Å²) in [6.45, 7) is 5.54. The van der Waals surface area contributed by atoms with Crippen molar-refractivity contribution in [2.24, 2.45) is 0 Å². The van der Waals surface area contributed by atoms with Gasteiger partial charge in [0.2, 0.25) is 5.13 Å². The molecule has 0 bridgehead atoms. The quantitative estimate of drug-likeness (QED) is 0.832. The third-order valence-corrected chi connectivity index (χ3v) is 3.88. The minimum Gasteiger partial charge on any atom is -0.486 e. The molecule has 0 unspecified atom stereocenters. The molecule has 1 N–H and O–H groups in total. The molecule has 0 aliphatic rings. The third-order valence-electron chi connectivity index (χ3n) is 2.33. The highest BCUT2D eigenvalue weighted by atomic mass is 35.5. The van der Waals surface area contributed by atoms with Gasteiger partial charge in [-0.3, -0.25) is 5.32 Å². The van der Waals surface area contributed by atoms with Gasteiger partial charge in [0.05, 0.1) is 10.0 Å². The van der Waals surface area contributed by atoms with Crippen molar-refractivity contribution in [3.8, 4) is 5.75 Å². The molecule has 0 radical (unpaired) electrons. The van der Waals surface area contributed by atoms with Crippen LogP contribution in [0.4, 0.5) is 9.93 Å². The zero-order valence-electron chi connectivity index (χ0n) is 12.7. The highest BCUT2D eigenvalue weighted by molar-refractivity contribution is 7.15.